The van der Waals surface area contributed by atoms with Crippen molar-refractivity contribution in [2.75, 3.05) is 0 Å². The van der Waals surface area contributed by atoms with E-state index in [1.807, 2.05) is 0 Å². The Bertz CT molecular complexity index is 366. The summed E-state index contributed by atoms with van der Waals surface area (Å²) in [5.41, 5.74) is 1.97. The van der Waals surface area contributed by atoms with Crippen molar-refractivity contribution in [3.05, 3.63) is 11.6 Å². The molecule has 0 aliphatic heterocycles. The normalized spacial score (nSPS) is 48.7. The summed E-state index contributed by atoms with van der Waals surface area (Å²) in [6, 6.07) is 0. The van der Waals surface area contributed by atoms with E-state index in [0.717, 1.165) is 36.0 Å². The van der Waals surface area contributed by atoms with Crippen LogP contribution in [0.2, 0.25) is 0 Å². The van der Waals surface area contributed by atoms with E-state index >= 15 is 0 Å². The zero-order valence-electron chi connectivity index (χ0n) is 10.6. The molecule has 2 saturated carbocycles. The fourth-order valence-corrected chi connectivity index (χ4v) is 4.93. The van der Waals surface area contributed by atoms with Gasteiger partial charge in [0.2, 0.25) is 0 Å². The molecule has 0 unspecified atom stereocenters. The number of carbonyl (C=O) groups is 1. The summed E-state index contributed by atoms with van der Waals surface area (Å²) in [6.07, 6.45) is 8.45. The van der Waals surface area contributed by atoms with Crippen molar-refractivity contribution in [2.45, 2.75) is 46.5 Å². The molecule has 0 aromatic heterocycles. The third kappa shape index (κ3) is 1.10. The highest BCUT2D eigenvalue weighted by Gasteiger charge is 2.68. The van der Waals surface area contributed by atoms with Gasteiger partial charge in [-0.05, 0) is 59.8 Å². The second-order valence-corrected chi connectivity index (χ2v) is 6.83. The highest BCUT2D eigenvalue weighted by molar-refractivity contribution is 5.74. The van der Waals surface area contributed by atoms with Crippen molar-refractivity contribution in [3.8, 4) is 0 Å². The van der Waals surface area contributed by atoms with Gasteiger partial charge >= 0.3 is 0 Å². The van der Waals surface area contributed by atoms with E-state index < -0.39 is 0 Å². The monoisotopic (exact) mass is 218 g/mol. The molecule has 0 N–H and O–H groups in total. The number of fused-ring (bicyclic) bond motifs is 2. The van der Waals surface area contributed by atoms with Gasteiger partial charge in [-0.3, -0.25) is 4.79 Å². The van der Waals surface area contributed by atoms with E-state index in [1.165, 1.54) is 19.3 Å². The second kappa shape index (κ2) is 3.00. The zero-order valence-corrected chi connectivity index (χ0v) is 10.6. The lowest BCUT2D eigenvalue weighted by Crippen LogP contribution is -2.31. The topological polar surface area (TPSA) is 17.1 Å². The molecule has 1 spiro atoms. The van der Waals surface area contributed by atoms with Crippen LogP contribution in [0.15, 0.2) is 11.6 Å². The van der Waals surface area contributed by atoms with Gasteiger partial charge in [-0.2, -0.15) is 0 Å². The lowest BCUT2D eigenvalue weighted by atomic mass is 9.65. The quantitative estimate of drug-likeness (QED) is 0.615. The summed E-state index contributed by atoms with van der Waals surface area (Å²) in [5, 5.41) is 0. The lowest BCUT2D eigenvalue weighted by Gasteiger charge is -2.39. The molecule has 0 aromatic rings. The maximum Gasteiger partial charge on any atom is 0.145 e. The highest BCUT2D eigenvalue weighted by atomic mass is 16.1. The molecule has 1 heteroatoms. The van der Waals surface area contributed by atoms with Gasteiger partial charge < -0.3 is 0 Å². The molecular formula is C15H22O. The number of rotatable bonds is 1. The summed E-state index contributed by atoms with van der Waals surface area (Å²) in [7, 11) is 0. The molecule has 2 fully saturated rings. The molecule has 0 aromatic carbocycles. The average molecular weight is 218 g/mol. The van der Waals surface area contributed by atoms with E-state index in [4.69, 9.17) is 0 Å². The molecule has 1 nitrogen and oxygen atoms in total. The predicted octanol–water partition coefficient (Wildman–Crippen LogP) is 3.59. The van der Waals surface area contributed by atoms with E-state index in [9.17, 15) is 4.79 Å². The van der Waals surface area contributed by atoms with Crippen LogP contribution in [0.25, 0.3) is 0 Å². The molecule has 3 rings (SSSR count). The maximum absolute atomic E-state index is 11.0. The van der Waals surface area contributed by atoms with Gasteiger partial charge in [-0.25, -0.2) is 0 Å². The summed E-state index contributed by atoms with van der Waals surface area (Å²) >= 11 is 0. The van der Waals surface area contributed by atoms with Crippen LogP contribution in [0.4, 0.5) is 0 Å². The molecular weight excluding hydrogens is 196 g/mol. The fourth-order valence-electron chi connectivity index (χ4n) is 4.93. The molecule has 88 valence electrons. The smallest absolute Gasteiger partial charge is 0.145 e. The fraction of sp³-hybridized carbons (Fsp3) is 0.800. The molecule has 16 heavy (non-hydrogen) atoms. The van der Waals surface area contributed by atoms with Crippen molar-refractivity contribution in [1.82, 2.24) is 0 Å². The van der Waals surface area contributed by atoms with Crippen LogP contribution in [-0.4, -0.2) is 6.29 Å². The van der Waals surface area contributed by atoms with E-state index in [1.54, 1.807) is 0 Å². The Balaban J connectivity index is 1.99. The van der Waals surface area contributed by atoms with E-state index in [0.29, 0.717) is 10.8 Å². The van der Waals surface area contributed by atoms with Crippen LogP contribution in [0.1, 0.15) is 46.5 Å². The first-order valence-corrected chi connectivity index (χ1v) is 6.69. The minimum atomic E-state index is 0.378. The van der Waals surface area contributed by atoms with Gasteiger partial charge in [0.05, 0.1) is 0 Å². The van der Waals surface area contributed by atoms with Crippen molar-refractivity contribution < 1.29 is 4.79 Å². The van der Waals surface area contributed by atoms with E-state index in [2.05, 4.69) is 26.8 Å². The maximum atomic E-state index is 11.0. The molecule has 0 heterocycles. The van der Waals surface area contributed by atoms with Gasteiger partial charge in [0, 0.05) is 0 Å². The van der Waals surface area contributed by atoms with Crippen LogP contribution in [-0.2, 0) is 4.79 Å². The first-order valence-electron chi connectivity index (χ1n) is 6.69. The van der Waals surface area contributed by atoms with Crippen LogP contribution >= 0.6 is 0 Å². The minimum absolute atomic E-state index is 0.378. The van der Waals surface area contributed by atoms with Crippen molar-refractivity contribution >= 4 is 6.29 Å². The van der Waals surface area contributed by atoms with Gasteiger partial charge in [-0.15, -0.1) is 0 Å². The van der Waals surface area contributed by atoms with Crippen LogP contribution in [0, 0.1) is 28.6 Å². The number of hydrogen-bond acceptors (Lipinski definition) is 1. The third-order valence-electron chi connectivity index (χ3n) is 5.91. The van der Waals surface area contributed by atoms with Gasteiger partial charge in [-0.1, -0.05) is 26.8 Å². The Morgan fingerprint density at radius 1 is 1.38 bits per heavy atom. The van der Waals surface area contributed by atoms with Crippen molar-refractivity contribution in [3.63, 3.8) is 0 Å². The minimum Gasteiger partial charge on any atom is -0.298 e. The second-order valence-electron chi connectivity index (χ2n) is 6.83. The number of carbonyl (C=O) groups excluding carboxylic acids is 1. The Hall–Kier alpha value is -0.590. The molecule has 0 amide bonds. The Morgan fingerprint density at radius 3 is 2.75 bits per heavy atom. The Labute approximate surface area is 98.3 Å². The molecule has 0 radical (unpaired) electrons. The standard InChI is InChI=1S/C15H22O/c1-10-4-5-12-13(14(12,2)3)15(10)7-6-11(8-15)9-16/h8-10,12-13H,4-7H2,1-3H3/t10-,12+,13-,15-/m1/s1. The van der Waals surface area contributed by atoms with Gasteiger partial charge in [0.1, 0.15) is 6.29 Å². The first kappa shape index (κ1) is 10.6. The average Bonchev–Trinajstić information content (AvgIpc) is 2.64. The predicted molar refractivity (Wildman–Crippen MR) is 65.0 cm³/mol. The van der Waals surface area contributed by atoms with Crippen LogP contribution in [0.3, 0.4) is 0 Å². The molecule has 0 saturated heterocycles. The summed E-state index contributed by atoms with van der Waals surface area (Å²) in [4.78, 5) is 11.0. The Kier molecular flexibility index (Phi) is 1.98. The molecule has 3 aliphatic carbocycles. The van der Waals surface area contributed by atoms with Gasteiger partial charge in [0.25, 0.3) is 0 Å². The first-order chi connectivity index (χ1) is 7.52. The number of hydrogen-bond donors (Lipinski definition) is 0. The highest BCUT2D eigenvalue weighted by Crippen LogP contribution is 2.75. The number of aldehydes is 1. The molecule has 0 bridgehead atoms. The van der Waals surface area contributed by atoms with Crippen molar-refractivity contribution in [1.29, 1.82) is 0 Å². The lowest BCUT2D eigenvalue weighted by molar-refractivity contribution is -0.105. The summed E-state index contributed by atoms with van der Waals surface area (Å²) in [5.74, 6) is 2.54. The van der Waals surface area contributed by atoms with Gasteiger partial charge in [0.15, 0.2) is 0 Å². The van der Waals surface area contributed by atoms with Crippen LogP contribution in [0.5, 0.6) is 0 Å². The molecule has 4 atom stereocenters. The van der Waals surface area contributed by atoms with E-state index in [-0.39, 0.29) is 0 Å². The Morgan fingerprint density at radius 2 is 2.12 bits per heavy atom. The largest absolute Gasteiger partial charge is 0.298 e. The third-order valence-corrected chi connectivity index (χ3v) is 5.91. The van der Waals surface area contributed by atoms with Crippen molar-refractivity contribution in [2.24, 2.45) is 28.6 Å². The zero-order chi connectivity index (χ0) is 11.6. The molecule has 3 aliphatic rings. The summed E-state index contributed by atoms with van der Waals surface area (Å²) < 4.78 is 0. The SMILES string of the molecule is C[C@@H]1CC[C@H]2[C@H](C2(C)C)[C@]12C=C(C=O)CC2. The van der Waals surface area contributed by atoms with Crippen LogP contribution < -0.4 is 0 Å². The number of allylic oxidation sites excluding steroid dienone is 2. The summed E-state index contributed by atoms with van der Waals surface area (Å²) in [6.45, 7) is 7.25.